The number of rotatable bonds is 7. The molecule has 0 amide bonds. The fraction of sp³-hybridized carbons (Fsp3) is 0.667. The van der Waals surface area contributed by atoms with E-state index in [0.717, 1.165) is 44.6 Å². The van der Waals surface area contributed by atoms with Gasteiger partial charge >= 0.3 is 0 Å². The molecule has 0 aliphatic carbocycles. The molecule has 0 aliphatic rings. The van der Waals surface area contributed by atoms with Crippen LogP contribution in [0.5, 0.6) is 0 Å². The van der Waals surface area contributed by atoms with E-state index in [1.807, 2.05) is 12.3 Å². The molecule has 3 heteroatoms. The van der Waals surface area contributed by atoms with Gasteiger partial charge in [-0.15, -0.1) is 0 Å². The first kappa shape index (κ1) is 12.1. The average molecular weight is 207 g/mol. The van der Waals surface area contributed by atoms with E-state index < -0.39 is 0 Å². The van der Waals surface area contributed by atoms with E-state index in [4.69, 9.17) is 0 Å². The van der Waals surface area contributed by atoms with Gasteiger partial charge in [0.1, 0.15) is 5.82 Å². The molecule has 1 N–H and O–H groups in total. The number of aryl methyl sites for hydroxylation is 2. The number of nitrogens with zero attached hydrogens (tertiary/aromatic N) is 2. The second-order valence-electron chi connectivity index (χ2n) is 3.67. The van der Waals surface area contributed by atoms with E-state index in [-0.39, 0.29) is 0 Å². The smallest absolute Gasteiger partial charge is 0.128 e. The van der Waals surface area contributed by atoms with Gasteiger partial charge in [-0.05, 0) is 32.0 Å². The molecule has 0 atom stereocenters. The van der Waals surface area contributed by atoms with Gasteiger partial charge in [0.25, 0.3) is 0 Å². The Labute approximate surface area is 92.3 Å². The van der Waals surface area contributed by atoms with Crippen molar-refractivity contribution in [1.29, 1.82) is 0 Å². The first-order valence-electron chi connectivity index (χ1n) is 5.88. The molecule has 0 radical (unpaired) electrons. The molecule has 3 nitrogen and oxygen atoms in total. The van der Waals surface area contributed by atoms with E-state index >= 15 is 0 Å². The Morgan fingerprint density at radius 1 is 1.27 bits per heavy atom. The lowest BCUT2D eigenvalue weighted by atomic mass is 10.2. The minimum atomic E-state index is 0.977. The van der Waals surface area contributed by atoms with Crippen LogP contribution in [0.4, 0.5) is 0 Å². The van der Waals surface area contributed by atoms with Crippen LogP contribution in [-0.2, 0) is 12.8 Å². The third kappa shape index (κ3) is 4.88. The molecule has 0 saturated carbocycles. The maximum Gasteiger partial charge on any atom is 0.128 e. The van der Waals surface area contributed by atoms with Crippen molar-refractivity contribution in [3.8, 4) is 0 Å². The highest BCUT2D eigenvalue weighted by Crippen LogP contribution is 2.01. The summed E-state index contributed by atoms with van der Waals surface area (Å²) in [5.74, 6) is 0.985. The van der Waals surface area contributed by atoms with Gasteiger partial charge in [-0.1, -0.05) is 20.3 Å². The largest absolute Gasteiger partial charge is 0.317 e. The Kier molecular flexibility index (Phi) is 5.93. The zero-order chi connectivity index (χ0) is 10.9. The molecule has 0 aliphatic heterocycles. The average Bonchev–Trinajstić information content (AvgIpc) is 2.26. The molecular weight excluding hydrogens is 186 g/mol. The molecule has 15 heavy (non-hydrogen) atoms. The standard InChI is InChI=1S/C12H21N3/c1-3-6-11-8-10-14-12(15-11)7-5-9-13-4-2/h8,10,13H,3-7,9H2,1-2H3. The van der Waals surface area contributed by atoms with Crippen LogP contribution >= 0.6 is 0 Å². The lowest BCUT2D eigenvalue weighted by Gasteiger charge is -2.03. The van der Waals surface area contributed by atoms with Crippen molar-refractivity contribution in [3.05, 3.63) is 23.8 Å². The number of nitrogens with one attached hydrogen (secondary N) is 1. The van der Waals surface area contributed by atoms with Crippen molar-refractivity contribution in [2.24, 2.45) is 0 Å². The highest BCUT2D eigenvalue weighted by molar-refractivity contribution is 5.02. The van der Waals surface area contributed by atoms with Crippen molar-refractivity contribution in [2.45, 2.75) is 39.5 Å². The second kappa shape index (κ2) is 7.35. The summed E-state index contributed by atoms with van der Waals surface area (Å²) in [7, 11) is 0. The predicted octanol–water partition coefficient (Wildman–Crippen LogP) is 1.97. The Hall–Kier alpha value is -0.960. The molecule has 1 aromatic rings. The minimum absolute atomic E-state index is 0.977. The first-order chi connectivity index (χ1) is 7.36. The van der Waals surface area contributed by atoms with Gasteiger partial charge in [0.15, 0.2) is 0 Å². The van der Waals surface area contributed by atoms with Crippen LogP contribution in [-0.4, -0.2) is 23.1 Å². The van der Waals surface area contributed by atoms with Crippen LogP contribution in [0, 0.1) is 0 Å². The van der Waals surface area contributed by atoms with Gasteiger partial charge in [-0.2, -0.15) is 0 Å². The molecule has 0 spiro atoms. The summed E-state index contributed by atoms with van der Waals surface area (Å²) in [5, 5.41) is 3.30. The van der Waals surface area contributed by atoms with Gasteiger partial charge in [-0.3, -0.25) is 0 Å². The van der Waals surface area contributed by atoms with Gasteiger partial charge in [-0.25, -0.2) is 9.97 Å². The Balaban J connectivity index is 2.36. The fourth-order valence-corrected chi connectivity index (χ4v) is 1.51. The zero-order valence-electron chi connectivity index (χ0n) is 9.79. The fourth-order valence-electron chi connectivity index (χ4n) is 1.51. The van der Waals surface area contributed by atoms with Crippen molar-refractivity contribution in [3.63, 3.8) is 0 Å². The van der Waals surface area contributed by atoms with Crippen LogP contribution < -0.4 is 5.32 Å². The molecule has 0 aromatic carbocycles. The summed E-state index contributed by atoms with van der Waals surface area (Å²) < 4.78 is 0. The lowest BCUT2D eigenvalue weighted by molar-refractivity contribution is 0.656. The van der Waals surface area contributed by atoms with Crippen LogP contribution in [0.2, 0.25) is 0 Å². The van der Waals surface area contributed by atoms with Crippen LogP contribution in [0.1, 0.15) is 38.2 Å². The van der Waals surface area contributed by atoms with Gasteiger partial charge in [0.05, 0.1) is 0 Å². The van der Waals surface area contributed by atoms with Crippen LogP contribution in [0.3, 0.4) is 0 Å². The maximum absolute atomic E-state index is 4.52. The Bertz CT molecular complexity index is 273. The van der Waals surface area contributed by atoms with E-state index in [0.29, 0.717) is 0 Å². The SMILES string of the molecule is CCCc1ccnc(CCCNCC)n1. The molecule has 1 aromatic heterocycles. The van der Waals surface area contributed by atoms with Crippen LogP contribution in [0.15, 0.2) is 12.3 Å². The molecular formula is C12H21N3. The highest BCUT2D eigenvalue weighted by atomic mass is 14.9. The summed E-state index contributed by atoms with van der Waals surface area (Å²) >= 11 is 0. The third-order valence-corrected chi connectivity index (χ3v) is 2.27. The monoisotopic (exact) mass is 207 g/mol. The van der Waals surface area contributed by atoms with E-state index in [1.165, 1.54) is 5.69 Å². The topological polar surface area (TPSA) is 37.8 Å². The number of hydrogen-bond donors (Lipinski definition) is 1. The molecule has 84 valence electrons. The van der Waals surface area contributed by atoms with E-state index in [1.54, 1.807) is 0 Å². The molecule has 0 unspecified atom stereocenters. The summed E-state index contributed by atoms with van der Waals surface area (Å²) in [6.45, 7) is 6.39. The van der Waals surface area contributed by atoms with Crippen molar-refractivity contribution in [2.75, 3.05) is 13.1 Å². The normalized spacial score (nSPS) is 10.5. The Morgan fingerprint density at radius 3 is 2.87 bits per heavy atom. The zero-order valence-corrected chi connectivity index (χ0v) is 9.79. The molecule has 0 bridgehead atoms. The van der Waals surface area contributed by atoms with Crippen molar-refractivity contribution < 1.29 is 0 Å². The second-order valence-corrected chi connectivity index (χ2v) is 3.67. The highest BCUT2D eigenvalue weighted by Gasteiger charge is 1.98. The first-order valence-corrected chi connectivity index (χ1v) is 5.88. The van der Waals surface area contributed by atoms with Gasteiger partial charge in [0.2, 0.25) is 0 Å². The predicted molar refractivity (Wildman–Crippen MR) is 62.9 cm³/mol. The van der Waals surface area contributed by atoms with E-state index in [9.17, 15) is 0 Å². The molecule has 0 fully saturated rings. The third-order valence-electron chi connectivity index (χ3n) is 2.27. The Morgan fingerprint density at radius 2 is 2.13 bits per heavy atom. The maximum atomic E-state index is 4.52. The number of hydrogen-bond acceptors (Lipinski definition) is 3. The summed E-state index contributed by atoms with van der Waals surface area (Å²) in [4.78, 5) is 8.80. The molecule has 0 saturated heterocycles. The van der Waals surface area contributed by atoms with Crippen LogP contribution in [0.25, 0.3) is 0 Å². The van der Waals surface area contributed by atoms with Gasteiger partial charge in [0, 0.05) is 18.3 Å². The molecule has 1 rings (SSSR count). The quantitative estimate of drug-likeness (QED) is 0.695. The minimum Gasteiger partial charge on any atom is -0.317 e. The molecule has 1 heterocycles. The van der Waals surface area contributed by atoms with Gasteiger partial charge < -0.3 is 5.32 Å². The van der Waals surface area contributed by atoms with E-state index in [2.05, 4.69) is 29.1 Å². The number of aromatic nitrogens is 2. The summed E-state index contributed by atoms with van der Waals surface area (Å²) in [6, 6.07) is 2.01. The van der Waals surface area contributed by atoms with Crippen molar-refractivity contribution >= 4 is 0 Å². The van der Waals surface area contributed by atoms with Crippen molar-refractivity contribution in [1.82, 2.24) is 15.3 Å². The summed E-state index contributed by atoms with van der Waals surface area (Å²) in [6.07, 6.45) is 6.17. The lowest BCUT2D eigenvalue weighted by Crippen LogP contribution is -2.15. The summed E-state index contributed by atoms with van der Waals surface area (Å²) in [5.41, 5.74) is 1.17.